The van der Waals surface area contributed by atoms with Gasteiger partial charge in [-0.2, -0.15) is 0 Å². The summed E-state index contributed by atoms with van der Waals surface area (Å²) in [4.78, 5) is 27.6. The minimum Gasteiger partial charge on any atom is -0.391 e. The van der Waals surface area contributed by atoms with Crippen LogP contribution in [-0.4, -0.2) is 67.6 Å². The molecule has 0 saturated heterocycles. The molecule has 0 saturated carbocycles. The van der Waals surface area contributed by atoms with Crippen LogP contribution in [0.25, 0.3) is 0 Å². The lowest BCUT2D eigenvalue weighted by molar-refractivity contribution is -0.140. The van der Waals surface area contributed by atoms with E-state index in [2.05, 4.69) is 15.6 Å². The second-order valence-electron chi connectivity index (χ2n) is 6.47. The molecular weight excluding hydrogens is 350 g/mol. The number of guanidine groups is 1. The number of hydrogen-bond donors (Lipinski definition) is 7. The highest BCUT2D eigenvalue weighted by molar-refractivity contribution is 6.38. The first kappa shape index (κ1) is 25.2. The molecule has 158 valence electrons. The minimum atomic E-state index is -1.21. The Balaban J connectivity index is 3.83. The van der Waals surface area contributed by atoms with Crippen LogP contribution in [0.3, 0.4) is 0 Å². The number of unbranched alkanes of at least 4 members (excludes halogenated alkanes) is 3. The maximum atomic E-state index is 12.0. The summed E-state index contributed by atoms with van der Waals surface area (Å²) in [7, 11) is 0. The number of hydrogen-bond acceptors (Lipinski definition) is 7. The van der Waals surface area contributed by atoms with Gasteiger partial charge in [0.1, 0.15) is 0 Å². The van der Waals surface area contributed by atoms with Gasteiger partial charge in [0.2, 0.25) is 5.78 Å². The number of amides is 1. The number of aliphatic imine (C=N–C) groups is 1. The van der Waals surface area contributed by atoms with Crippen molar-refractivity contribution in [1.29, 1.82) is 0 Å². The van der Waals surface area contributed by atoms with Crippen molar-refractivity contribution in [3.63, 3.8) is 0 Å². The van der Waals surface area contributed by atoms with Crippen molar-refractivity contribution in [3.05, 3.63) is 0 Å². The molecule has 0 fully saturated rings. The van der Waals surface area contributed by atoms with E-state index >= 15 is 0 Å². The molecule has 0 aliphatic heterocycles. The number of carbonyl (C=O) groups is 2. The molecule has 2 atom stereocenters. The molecule has 0 aromatic carbocycles. The number of nitrogens with two attached hydrogens (primary N) is 4. The third-order valence-electron chi connectivity index (χ3n) is 4.02. The Morgan fingerprint density at radius 2 is 1.63 bits per heavy atom. The van der Waals surface area contributed by atoms with Gasteiger partial charge in [-0.15, -0.1) is 0 Å². The quantitative estimate of drug-likeness (QED) is 0.0638. The van der Waals surface area contributed by atoms with Crippen LogP contribution in [0.4, 0.5) is 0 Å². The average Bonchev–Trinajstić information content (AvgIpc) is 2.64. The van der Waals surface area contributed by atoms with E-state index in [0.717, 1.165) is 45.2 Å². The molecule has 27 heavy (non-hydrogen) atoms. The predicted octanol–water partition coefficient (Wildman–Crippen LogP) is -2.09. The van der Waals surface area contributed by atoms with Gasteiger partial charge in [-0.3, -0.25) is 14.6 Å². The molecule has 11 N–H and O–H groups in total. The summed E-state index contributed by atoms with van der Waals surface area (Å²) in [5.74, 6) is -1.48. The van der Waals surface area contributed by atoms with Crippen LogP contribution in [0.5, 0.6) is 0 Å². The number of nitrogens with one attached hydrogen (secondary N) is 2. The van der Waals surface area contributed by atoms with Gasteiger partial charge in [0, 0.05) is 13.1 Å². The largest absolute Gasteiger partial charge is 0.391 e. The maximum absolute atomic E-state index is 12.0. The summed E-state index contributed by atoms with van der Waals surface area (Å²) in [6.07, 6.45) is 4.10. The molecule has 0 aliphatic rings. The Morgan fingerprint density at radius 3 is 2.30 bits per heavy atom. The van der Waals surface area contributed by atoms with Crippen molar-refractivity contribution in [2.75, 3.05) is 32.7 Å². The highest BCUT2D eigenvalue weighted by atomic mass is 16.3. The van der Waals surface area contributed by atoms with Crippen molar-refractivity contribution in [2.45, 2.75) is 57.1 Å². The van der Waals surface area contributed by atoms with E-state index in [0.29, 0.717) is 32.5 Å². The maximum Gasteiger partial charge on any atom is 0.289 e. The Hall–Kier alpha value is -1.75. The van der Waals surface area contributed by atoms with Crippen molar-refractivity contribution >= 4 is 17.6 Å². The molecule has 0 aromatic heterocycles. The number of ketones is 1. The lowest BCUT2D eigenvalue weighted by Crippen LogP contribution is -2.49. The molecule has 10 nitrogen and oxygen atoms in total. The molecule has 2 unspecified atom stereocenters. The van der Waals surface area contributed by atoms with Crippen LogP contribution in [0.15, 0.2) is 4.99 Å². The van der Waals surface area contributed by atoms with E-state index in [1.165, 1.54) is 0 Å². The van der Waals surface area contributed by atoms with E-state index in [4.69, 9.17) is 22.9 Å². The Bertz CT molecular complexity index is 442. The molecule has 0 spiro atoms. The summed E-state index contributed by atoms with van der Waals surface area (Å²) in [5.41, 5.74) is 21.5. The number of aliphatic hydroxyl groups excluding tert-OH is 1. The second kappa shape index (κ2) is 16.4. The zero-order chi connectivity index (χ0) is 20.5. The van der Waals surface area contributed by atoms with Crippen molar-refractivity contribution in [3.8, 4) is 0 Å². The number of carbonyl (C=O) groups excluding carboxylic acids is 2. The first-order valence-corrected chi connectivity index (χ1v) is 9.62. The number of nitrogens with zero attached hydrogens (tertiary/aromatic N) is 1. The molecule has 10 heteroatoms. The summed E-state index contributed by atoms with van der Waals surface area (Å²) in [6, 6.07) is -1.21. The highest BCUT2D eigenvalue weighted by Gasteiger charge is 2.27. The minimum absolute atomic E-state index is 0.0523. The van der Waals surface area contributed by atoms with Crippen LogP contribution < -0.4 is 33.6 Å². The number of Topliss-reactive ketones (excluding diaryl/α,β-unsaturated/α-hetero) is 1. The Morgan fingerprint density at radius 1 is 0.963 bits per heavy atom. The lowest BCUT2D eigenvalue weighted by atomic mass is 10.0. The summed E-state index contributed by atoms with van der Waals surface area (Å²) in [5, 5.41) is 15.8. The van der Waals surface area contributed by atoms with Crippen molar-refractivity contribution in [1.82, 2.24) is 10.6 Å². The molecule has 1 amide bonds. The van der Waals surface area contributed by atoms with Gasteiger partial charge in [0.25, 0.3) is 5.91 Å². The fraction of sp³-hybridized carbons (Fsp3) is 0.824. The highest BCUT2D eigenvalue weighted by Crippen LogP contribution is 2.07. The fourth-order valence-electron chi connectivity index (χ4n) is 2.37. The van der Waals surface area contributed by atoms with Gasteiger partial charge in [0.05, 0.1) is 12.1 Å². The van der Waals surface area contributed by atoms with Crippen LogP contribution in [0.1, 0.15) is 44.9 Å². The SMILES string of the molecule is NCCCNCCCCNC(=O)C(=O)C(N)C(O)CCCCCN=C(N)N. The standard InChI is InChI=1S/C17H37N7O3/c18-8-6-10-22-9-4-5-11-23-16(27)15(26)14(19)13(25)7-2-1-3-12-24-17(20)21/h13-14,22,25H,1-12,18-19H2,(H,23,27)(H4,20,21,24). The van der Waals surface area contributed by atoms with Crippen LogP contribution >= 0.6 is 0 Å². The third-order valence-corrected chi connectivity index (χ3v) is 4.02. The molecule has 0 radical (unpaired) electrons. The second-order valence-corrected chi connectivity index (χ2v) is 6.47. The van der Waals surface area contributed by atoms with E-state index in [1.54, 1.807) is 0 Å². The first-order valence-electron chi connectivity index (χ1n) is 9.62. The van der Waals surface area contributed by atoms with E-state index < -0.39 is 23.8 Å². The topological polar surface area (TPSA) is 195 Å². The lowest BCUT2D eigenvalue weighted by Gasteiger charge is -2.17. The molecule has 0 aromatic rings. The van der Waals surface area contributed by atoms with Crippen molar-refractivity contribution in [2.24, 2.45) is 27.9 Å². The van der Waals surface area contributed by atoms with Gasteiger partial charge in [-0.05, 0) is 51.7 Å². The van der Waals surface area contributed by atoms with Crippen LogP contribution in [0.2, 0.25) is 0 Å². The number of aliphatic hydroxyl groups is 1. The zero-order valence-corrected chi connectivity index (χ0v) is 16.2. The van der Waals surface area contributed by atoms with Crippen LogP contribution in [-0.2, 0) is 9.59 Å². The zero-order valence-electron chi connectivity index (χ0n) is 16.2. The third kappa shape index (κ3) is 14.0. The summed E-state index contributed by atoms with van der Waals surface area (Å²) < 4.78 is 0. The van der Waals surface area contributed by atoms with Gasteiger partial charge >= 0.3 is 0 Å². The summed E-state index contributed by atoms with van der Waals surface area (Å²) in [6.45, 7) is 3.30. The van der Waals surface area contributed by atoms with Gasteiger partial charge in [-0.1, -0.05) is 12.8 Å². The van der Waals surface area contributed by atoms with E-state index in [-0.39, 0.29) is 5.96 Å². The molecule has 0 heterocycles. The molecule has 0 bridgehead atoms. The molecule has 0 aliphatic carbocycles. The number of rotatable bonds is 17. The van der Waals surface area contributed by atoms with Gasteiger partial charge in [-0.25, -0.2) is 0 Å². The first-order chi connectivity index (χ1) is 12.9. The van der Waals surface area contributed by atoms with Gasteiger partial charge < -0.3 is 38.7 Å². The van der Waals surface area contributed by atoms with Crippen molar-refractivity contribution < 1.29 is 14.7 Å². The fourth-order valence-corrected chi connectivity index (χ4v) is 2.37. The normalized spacial score (nSPS) is 13.0. The van der Waals surface area contributed by atoms with Gasteiger partial charge in [0.15, 0.2) is 5.96 Å². The monoisotopic (exact) mass is 387 g/mol. The molecule has 0 rings (SSSR count). The average molecular weight is 388 g/mol. The molecular formula is C17H37N7O3. The van der Waals surface area contributed by atoms with Crippen LogP contribution in [0, 0.1) is 0 Å². The summed E-state index contributed by atoms with van der Waals surface area (Å²) >= 11 is 0. The Kier molecular flexibility index (Phi) is 15.4. The Labute approximate surface area is 161 Å². The van der Waals surface area contributed by atoms with E-state index in [9.17, 15) is 14.7 Å². The smallest absolute Gasteiger partial charge is 0.289 e. The van der Waals surface area contributed by atoms with E-state index in [1.807, 2.05) is 0 Å². The predicted molar refractivity (Wildman–Crippen MR) is 107 cm³/mol.